The highest BCUT2D eigenvalue weighted by Crippen LogP contribution is 2.28. The standard InChI is InChI=1S/C23H29N5O3/c1-4-31-21-7-5-6-20(23(21)30)15-25-26-22(29)17-28(3)13-12-27(2)16-19-10-8-18(14-24)9-11-19/h5-11,15,30H,4,12-13,16-17H2,1-3H3,(H,26,29)/b25-15+. The van der Waals surface area contributed by atoms with E-state index in [0.717, 1.165) is 18.7 Å². The average Bonchev–Trinajstić information content (AvgIpc) is 2.75. The molecule has 2 N–H and O–H groups in total. The van der Waals surface area contributed by atoms with Crippen LogP contribution in [-0.4, -0.2) is 67.4 Å². The third-order valence-corrected chi connectivity index (χ3v) is 4.54. The van der Waals surface area contributed by atoms with Crippen LogP contribution in [0.25, 0.3) is 0 Å². The van der Waals surface area contributed by atoms with Gasteiger partial charge in [0.2, 0.25) is 0 Å². The number of ether oxygens (including phenoxy) is 1. The highest BCUT2D eigenvalue weighted by atomic mass is 16.5. The van der Waals surface area contributed by atoms with Gasteiger partial charge in [-0.05, 0) is 50.8 Å². The molecule has 0 unspecified atom stereocenters. The summed E-state index contributed by atoms with van der Waals surface area (Å²) in [7, 11) is 3.88. The van der Waals surface area contributed by atoms with Crippen molar-refractivity contribution in [1.82, 2.24) is 15.2 Å². The minimum atomic E-state index is -0.242. The van der Waals surface area contributed by atoms with E-state index in [0.29, 0.717) is 30.0 Å². The zero-order valence-corrected chi connectivity index (χ0v) is 18.2. The third kappa shape index (κ3) is 8.09. The minimum absolute atomic E-state index is 0.00947. The Kier molecular flexibility index (Phi) is 9.49. The number of para-hydroxylation sites is 1. The number of amides is 1. The van der Waals surface area contributed by atoms with Crippen LogP contribution in [0, 0.1) is 11.3 Å². The van der Waals surface area contributed by atoms with Crippen molar-refractivity contribution in [3.05, 3.63) is 59.2 Å². The lowest BCUT2D eigenvalue weighted by Crippen LogP contribution is -2.37. The fourth-order valence-electron chi connectivity index (χ4n) is 2.87. The van der Waals surface area contributed by atoms with Gasteiger partial charge in [-0.25, -0.2) is 5.43 Å². The van der Waals surface area contributed by atoms with Gasteiger partial charge in [-0.2, -0.15) is 10.4 Å². The summed E-state index contributed by atoms with van der Waals surface area (Å²) in [6.45, 7) is 4.74. The molecule has 2 rings (SSSR count). The first kappa shape index (κ1) is 23.9. The number of hydrazone groups is 1. The predicted molar refractivity (Wildman–Crippen MR) is 120 cm³/mol. The molecule has 0 aliphatic heterocycles. The lowest BCUT2D eigenvalue weighted by molar-refractivity contribution is -0.121. The molecule has 0 bridgehead atoms. The third-order valence-electron chi connectivity index (χ3n) is 4.54. The van der Waals surface area contributed by atoms with Crippen LogP contribution >= 0.6 is 0 Å². The molecule has 0 saturated heterocycles. The van der Waals surface area contributed by atoms with Crippen LogP contribution in [0.5, 0.6) is 11.5 Å². The van der Waals surface area contributed by atoms with Crippen LogP contribution in [0.4, 0.5) is 0 Å². The molecule has 0 fully saturated rings. The van der Waals surface area contributed by atoms with Crippen LogP contribution in [0.3, 0.4) is 0 Å². The lowest BCUT2D eigenvalue weighted by Gasteiger charge is -2.21. The maximum Gasteiger partial charge on any atom is 0.254 e. The number of hydrogen-bond acceptors (Lipinski definition) is 7. The fraction of sp³-hybridized carbons (Fsp3) is 0.348. The normalized spacial score (nSPS) is 11.1. The van der Waals surface area contributed by atoms with E-state index in [1.807, 2.05) is 50.2 Å². The summed E-state index contributed by atoms with van der Waals surface area (Å²) in [6.07, 6.45) is 1.39. The van der Waals surface area contributed by atoms with Gasteiger partial charge in [-0.3, -0.25) is 9.69 Å². The van der Waals surface area contributed by atoms with E-state index in [2.05, 4.69) is 21.5 Å². The molecule has 0 atom stereocenters. The summed E-state index contributed by atoms with van der Waals surface area (Å²) < 4.78 is 5.33. The van der Waals surface area contributed by atoms with Crippen molar-refractivity contribution in [2.24, 2.45) is 5.10 Å². The summed E-state index contributed by atoms with van der Waals surface area (Å²) in [6, 6.07) is 14.7. The molecular weight excluding hydrogens is 394 g/mol. The molecule has 0 heterocycles. The van der Waals surface area contributed by atoms with Gasteiger partial charge in [-0.1, -0.05) is 18.2 Å². The molecule has 164 valence electrons. The Morgan fingerprint density at radius 2 is 1.90 bits per heavy atom. The highest BCUT2D eigenvalue weighted by Gasteiger charge is 2.09. The monoisotopic (exact) mass is 423 g/mol. The molecule has 8 nitrogen and oxygen atoms in total. The van der Waals surface area contributed by atoms with Crippen molar-refractivity contribution in [1.29, 1.82) is 5.26 Å². The minimum Gasteiger partial charge on any atom is -0.504 e. The van der Waals surface area contributed by atoms with Crippen molar-refractivity contribution >= 4 is 12.1 Å². The summed E-state index contributed by atoms with van der Waals surface area (Å²) in [4.78, 5) is 16.2. The fourth-order valence-corrected chi connectivity index (χ4v) is 2.87. The second-order valence-electron chi connectivity index (χ2n) is 7.20. The highest BCUT2D eigenvalue weighted by molar-refractivity contribution is 5.86. The van der Waals surface area contributed by atoms with Crippen molar-refractivity contribution in [3.8, 4) is 17.6 Å². The SMILES string of the molecule is CCOc1cccc(/C=N/NC(=O)CN(C)CCN(C)Cc2ccc(C#N)cc2)c1O. The molecule has 8 heteroatoms. The van der Waals surface area contributed by atoms with Crippen molar-refractivity contribution in [2.75, 3.05) is 40.3 Å². The first-order valence-electron chi connectivity index (χ1n) is 10.1. The van der Waals surface area contributed by atoms with Gasteiger partial charge in [0, 0.05) is 25.2 Å². The number of hydrogen-bond donors (Lipinski definition) is 2. The predicted octanol–water partition coefficient (Wildman–Crippen LogP) is 2.18. The molecule has 0 spiro atoms. The molecule has 0 saturated carbocycles. The molecule has 0 aliphatic carbocycles. The van der Waals surface area contributed by atoms with Crippen LogP contribution in [0.2, 0.25) is 0 Å². The molecule has 0 aliphatic rings. The van der Waals surface area contributed by atoms with Gasteiger partial charge >= 0.3 is 0 Å². The molecular formula is C23H29N5O3. The van der Waals surface area contributed by atoms with Gasteiger partial charge in [0.15, 0.2) is 11.5 Å². The summed E-state index contributed by atoms with van der Waals surface area (Å²) >= 11 is 0. The number of benzene rings is 2. The van der Waals surface area contributed by atoms with Crippen molar-refractivity contribution in [3.63, 3.8) is 0 Å². The Morgan fingerprint density at radius 3 is 2.58 bits per heavy atom. The maximum absolute atomic E-state index is 12.1. The Balaban J connectivity index is 1.73. The van der Waals surface area contributed by atoms with Gasteiger partial charge in [0.1, 0.15) is 0 Å². The van der Waals surface area contributed by atoms with E-state index in [1.165, 1.54) is 6.21 Å². The van der Waals surface area contributed by atoms with E-state index in [1.54, 1.807) is 18.2 Å². The molecule has 2 aromatic carbocycles. The van der Waals surface area contributed by atoms with Gasteiger partial charge in [0.25, 0.3) is 5.91 Å². The summed E-state index contributed by atoms with van der Waals surface area (Å²) in [5.41, 5.74) is 4.72. The zero-order valence-electron chi connectivity index (χ0n) is 18.2. The molecule has 2 aromatic rings. The van der Waals surface area contributed by atoms with E-state index in [4.69, 9.17) is 10.00 Å². The lowest BCUT2D eigenvalue weighted by atomic mass is 10.1. The molecule has 1 amide bonds. The van der Waals surface area contributed by atoms with Crippen molar-refractivity contribution in [2.45, 2.75) is 13.5 Å². The Bertz CT molecular complexity index is 922. The first-order valence-corrected chi connectivity index (χ1v) is 10.1. The molecule has 0 aromatic heterocycles. The quantitative estimate of drug-likeness (QED) is 0.424. The van der Waals surface area contributed by atoms with E-state index in [-0.39, 0.29) is 18.2 Å². The second-order valence-corrected chi connectivity index (χ2v) is 7.20. The number of aromatic hydroxyl groups is 1. The van der Waals surface area contributed by atoms with Crippen molar-refractivity contribution < 1.29 is 14.6 Å². The number of likely N-dealkylation sites (N-methyl/N-ethyl adjacent to an activating group) is 2. The second kappa shape index (κ2) is 12.3. The largest absolute Gasteiger partial charge is 0.504 e. The van der Waals surface area contributed by atoms with Gasteiger partial charge in [0.05, 0.1) is 31.0 Å². The number of rotatable bonds is 11. The summed E-state index contributed by atoms with van der Waals surface area (Å²) in [5.74, 6) is 0.126. The van der Waals surface area contributed by atoms with E-state index < -0.39 is 0 Å². The Hall–Kier alpha value is -3.41. The van der Waals surface area contributed by atoms with Crippen LogP contribution in [0.1, 0.15) is 23.6 Å². The topological polar surface area (TPSA) is 101 Å². The van der Waals surface area contributed by atoms with Crippen LogP contribution < -0.4 is 10.2 Å². The Morgan fingerprint density at radius 1 is 1.19 bits per heavy atom. The zero-order chi connectivity index (χ0) is 22.6. The number of phenolic OH excluding ortho intramolecular Hbond substituents is 1. The smallest absolute Gasteiger partial charge is 0.254 e. The van der Waals surface area contributed by atoms with Crippen LogP contribution in [0.15, 0.2) is 47.6 Å². The van der Waals surface area contributed by atoms with E-state index >= 15 is 0 Å². The number of nitrogens with zero attached hydrogens (tertiary/aromatic N) is 4. The number of carbonyl (C=O) groups is 1. The number of phenols is 1. The number of nitrogens with one attached hydrogen (secondary N) is 1. The number of nitriles is 1. The average molecular weight is 424 g/mol. The Labute approximate surface area is 183 Å². The molecule has 31 heavy (non-hydrogen) atoms. The van der Waals surface area contributed by atoms with Crippen LogP contribution in [-0.2, 0) is 11.3 Å². The number of carbonyl (C=O) groups excluding carboxylic acids is 1. The van der Waals surface area contributed by atoms with Gasteiger partial charge in [-0.15, -0.1) is 0 Å². The first-order chi connectivity index (χ1) is 14.9. The van der Waals surface area contributed by atoms with Gasteiger partial charge < -0.3 is 14.7 Å². The maximum atomic E-state index is 12.1. The van der Waals surface area contributed by atoms with E-state index in [9.17, 15) is 9.90 Å². The molecule has 0 radical (unpaired) electrons. The summed E-state index contributed by atoms with van der Waals surface area (Å²) in [5, 5.41) is 22.9.